The van der Waals surface area contributed by atoms with Crippen LogP contribution in [0.1, 0.15) is 70.5 Å². The van der Waals surface area contributed by atoms with Gasteiger partial charge in [-0.3, -0.25) is 9.59 Å². The molecule has 4 heteroatoms. The van der Waals surface area contributed by atoms with Gasteiger partial charge in [-0.2, -0.15) is 0 Å². The van der Waals surface area contributed by atoms with Crippen molar-refractivity contribution in [2.45, 2.75) is 51.5 Å². The largest absolute Gasteiger partial charge is 0.364 e. The highest BCUT2D eigenvalue weighted by atomic mass is 16.2. The number of carbonyl (C=O) groups excluding carboxylic acids is 2. The van der Waals surface area contributed by atoms with Crippen molar-refractivity contribution in [3.8, 4) is 0 Å². The molecule has 2 heterocycles. The molecule has 0 saturated heterocycles. The molecule has 0 bridgehead atoms. The van der Waals surface area contributed by atoms with Gasteiger partial charge in [0.05, 0.1) is 5.56 Å². The molecule has 1 aliphatic carbocycles. The predicted molar refractivity (Wildman–Crippen MR) is 101 cm³/mol. The third-order valence-corrected chi connectivity index (χ3v) is 5.78. The molecule has 4 nitrogen and oxygen atoms in total. The number of carbonyl (C=O) groups is 2. The molecule has 136 valence electrons. The van der Waals surface area contributed by atoms with E-state index < -0.39 is 0 Å². The van der Waals surface area contributed by atoms with Gasteiger partial charge in [-0.15, -0.1) is 0 Å². The molecular weight excluding hydrogens is 324 g/mol. The molecule has 0 atom stereocenters. The van der Waals surface area contributed by atoms with Crippen molar-refractivity contribution in [3.63, 3.8) is 0 Å². The van der Waals surface area contributed by atoms with Gasteiger partial charge in [0.2, 0.25) is 0 Å². The van der Waals surface area contributed by atoms with Gasteiger partial charge >= 0.3 is 0 Å². The standard InChI is InChI=1S/C22H26N2O2/c25-21(17-10-5-2-6-11-17)18-14-23-19-12-7-13-24(22(26)20(18)19)15-16-8-3-1-4-9-16/h1,3-4,8-9,14,17,23H,2,5-7,10-13,15H2. The number of nitrogens with one attached hydrogen (secondary N) is 1. The second-order valence-corrected chi connectivity index (χ2v) is 7.57. The van der Waals surface area contributed by atoms with E-state index in [1.807, 2.05) is 35.2 Å². The highest BCUT2D eigenvalue weighted by Gasteiger charge is 2.32. The number of Topliss-reactive ketones (excluding diaryl/α,β-unsaturated/α-hetero) is 1. The first-order valence-electron chi connectivity index (χ1n) is 9.81. The van der Waals surface area contributed by atoms with Crippen LogP contribution >= 0.6 is 0 Å². The van der Waals surface area contributed by atoms with E-state index in [2.05, 4.69) is 4.98 Å². The number of hydrogen-bond donors (Lipinski definition) is 1. The summed E-state index contributed by atoms with van der Waals surface area (Å²) in [5.74, 6) is 0.251. The van der Waals surface area contributed by atoms with Gasteiger partial charge in [-0.1, -0.05) is 49.6 Å². The summed E-state index contributed by atoms with van der Waals surface area (Å²) < 4.78 is 0. The first-order chi connectivity index (χ1) is 12.7. The van der Waals surface area contributed by atoms with Crippen molar-refractivity contribution in [2.24, 2.45) is 5.92 Å². The van der Waals surface area contributed by atoms with Crippen LogP contribution in [0.15, 0.2) is 36.5 Å². The van der Waals surface area contributed by atoms with Crippen LogP contribution < -0.4 is 0 Å². The van der Waals surface area contributed by atoms with Gasteiger partial charge in [0.25, 0.3) is 5.91 Å². The molecule has 2 aromatic rings. The lowest BCUT2D eigenvalue weighted by atomic mass is 9.83. The monoisotopic (exact) mass is 350 g/mol. The van der Waals surface area contributed by atoms with Gasteiger partial charge in [-0.05, 0) is 31.2 Å². The van der Waals surface area contributed by atoms with Gasteiger partial charge in [0.1, 0.15) is 0 Å². The number of aromatic nitrogens is 1. The third kappa shape index (κ3) is 3.33. The summed E-state index contributed by atoms with van der Waals surface area (Å²) in [4.78, 5) is 31.5. The van der Waals surface area contributed by atoms with Crippen molar-refractivity contribution in [1.29, 1.82) is 0 Å². The maximum absolute atomic E-state index is 13.3. The van der Waals surface area contributed by atoms with Crippen LogP contribution in [0, 0.1) is 5.92 Å². The number of benzene rings is 1. The molecule has 1 fully saturated rings. The van der Waals surface area contributed by atoms with E-state index in [1.54, 1.807) is 6.20 Å². The fourth-order valence-corrected chi connectivity index (χ4v) is 4.35. The van der Waals surface area contributed by atoms with Crippen molar-refractivity contribution >= 4 is 11.7 Å². The average molecular weight is 350 g/mol. The highest BCUT2D eigenvalue weighted by molar-refractivity contribution is 6.09. The molecule has 2 aliphatic rings. The molecule has 0 radical (unpaired) electrons. The normalized spacial score (nSPS) is 18.5. The Balaban J connectivity index is 1.61. The molecule has 1 saturated carbocycles. The molecule has 26 heavy (non-hydrogen) atoms. The van der Waals surface area contributed by atoms with Crippen molar-refractivity contribution in [2.75, 3.05) is 6.54 Å². The predicted octanol–water partition coefficient (Wildman–Crippen LogP) is 4.37. The summed E-state index contributed by atoms with van der Waals surface area (Å²) in [5, 5.41) is 0. The Kier molecular flexibility index (Phi) is 4.91. The van der Waals surface area contributed by atoms with Gasteiger partial charge in [0.15, 0.2) is 5.78 Å². The van der Waals surface area contributed by atoms with Crippen LogP contribution in [0.3, 0.4) is 0 Å². The molecular formula is C22H26N2O2. The van der Waals surface area contributed by atoms with Crippen LogP contribution in [0.5, 0.6) is 0 Å². The summed E-state index contributed by atoms with van der Waals surface area (Å²) in [6, 6.07) is 10.1. The zero-order valence-corrected chi connectivity index (χ0v) is 15.2. The summed E-state index contributed by atoms with van der Waals surface area (Å²) in [6.45, 7) is 1.33. The Morgan fingerprint density at radius 2 is 1.85 bits per heavy atom. The van der Waals surface area contributed by atoms with E-state index in [9.17, 15) is 9.59 Å². The first-order valence-corrected chi connectivity index (χ1v) is 9.81. The van der Waals surface area contributed by atoms with Crippen LogP contribution in [0.25, 0.3) is 0 Å². The van der Waals surface area contributed by atoms with Crippen LogP contribution in [0.2, 0.25) is 0 Å². The average Bonchev–Trinajstić information content (AvgIpc) is 3.05. The Morgan fingerprint density at radius 3 is 2.62 bits per heavy atom. The number of ketones is 1. The molecule has 1 N–H and O–H groups in total. The lowest BCUT2D eigenvalue weighted by Crippen LogP contribution is -2.31. The first kappa shape index (κ1) is 17.1. The minimum Gasteiger partial charge on any atom is -0.364 e. The number of fused-ring (bicyclic) bond motifs is 1. The summed E-state index contributed by atoms with van der Waals surface area (Å²) in [6.07, 6.45) is 8.91. The van der Waals surface area contributed by atoms with Crippen molar-refractivity contribution < 1.29 is 9.59 Å². The Morgan fingerprint density at radius 1 is 1.08 bits per heavy atom. The third-order valence-electron chi connectivity index (χ3n) is 5.78. The van der Waals surface area contributed by atoms with E-state index in [0.29, 0.717) is 17.7 Å². The smallest absolute Gasteiger partial charge is 0.256 e. The Hall–Kier alpha value is -2.36. The van der Waals surface area contributed by atoms with Crippen LogP contribution in [-0.2, 0) is 13.0 Å². The molecule has 1 amide bonds. The number of aryl methyl sites for hydroxylation is 1. The Bertz CT molecular complexity index is 788. The van der Waals surface area contributed by atoms with Crippen molar-refractivity contribution in [1.82, 2.24) is 9.88 Å². The second kappa shape index (κ2) is 7.48. The van der Waals surface area contributed by atoms with Gasteiger partial charge in [0, 0.05) is 36.5 Å². The maximum atomic E-state index is 13.3. The lowest BCUT2D eigenvalue weighted by Gasteiger charge is -2.23. The van der Waals surface area contributed by atoms with Crippen LogP contribution in [0.4, 0.5) is 0 Å². The molecule has 1 aliphatic heterocycles. The number of rotatable bonds is 4. The molecule has 1 aromatic heterocycles. The number of nitrogens with zero attached hydrogens (tertiary/aromatic N) is 1. The second-order valence-electron chi connectivity index (χ2n) is 7.57. The van der Waals surface area contributed by atoms with E-state index in [4.69, 9.17) is 0 Å². The van der Waals surface area contributed by atoms with E-state index in [0.717, 1.165) is 56.3 Å². The highest BCUT2D eigenvalue weighted by Crippen LogP contribution is 2.30. The van der Waals surface area contributed by atoms with Gasteiger partial charge in [-0.25, -0.2) is 0 Å². The SMILES string of the molecule is O=C(c1c[nH]c2c1C(=O)N(Cc1ccccc1)CCC2)C1CCCCC1. The lowest BCUT2D eigenvalue weighted by molar-refractivity contribution is 0.0740. The number of hydrogen-bond acceptors (Lipinski definition) is 2. The van der Waals surface area contributed by atoms with Crippen LogP contribution in [-0.4, -0.2) is 28.1 Å². The fraction of sp³-hybridized carbons (Fsp3) is 0.455. The minimum absolute atomic E-state index is 0.00163. The van der Waals surface area contributed by atoms with Crippen molar-refractivity contribution in [3.05, 3.63) is 58.9 Å². The molecule has 1 aromatic carbocycles. The van der Waals surface area contributed by atoms with E-state index >= 15 is 0 Å². The summed E-state index contributed by atoms with van der Waals surface area (Å²) in [7, 11) is 0. The Labute approximate surface area is 154 Å². The van der Waals surface area contributed by atoms with E-state index in [-0.39, 0.29) is 17.6 Å². The molecule has 0 unspecified atom stereocenters. The quantitative estimate of drug-likeness (QED) is 0.833. The number of aromatic amines is 1. The van der Waals surface area contributed by atoms with Gasteiger partial charge < -0.3 is 9.88 Å². The van der Waals surface area contributed by atoms with E-state index in [1.165, 1.54) is 6.42 Å². The zero-order chi connectivity index (χ0) is 17.9. The minimum atomic E-state index is 0.00163. The topological polar surface area (TPSA) is 53.2 Å². The number of amides is 1. The summed E-state index contributed by atoms with van der Waals surface area (Å²) in [5.41, 5.74) is 3.32. The molecule has 4 rings (SSSR count). The maximum Gasteiger partial charge on any atom is 0.256 e. The number of H-pyrrole nitrogens is 1. The molecule has 0 spiro atoms. The zero-order valence-electron chi connectivity index (χ0n) is 15.2. The fourth-order valence-electron chi connectivity index (χ4n) is 4.35. The summed E-state index contributed by atoms with van der Waals surface area (Å²) >= 11 is 0.